The van der Waals surface area contributed by atoms with Crippen LogP contribution in [0.5, 0.6) is 11.5 Å². The Morgan fingerprint density at radius 2 is 1.70 bits per heavy atom. The van der Waals surface area contributed by atoms with Gasteiger partial charge in [0.25, 0.3) is 5.91 Å². The van der Waals surface area contributed by atoms with Crippen molar-refractivity contribution >= 4 is 22.9 Å². The maximum absolute atomic E-state index is 13.2. The smallest absolute Gasteiger partial charge is 0.277 e. The highest BCUT2D eigenvalue weighted by atomic mass is 19.1. The molecule has 6 heteroatoms. The monoisotopic (exact) mass is 442 g/mol. The number of benzene rings is 4. The van der Waals surface area contributed by atoms with Gasteiger partial charge in [0.1, 0.15) is 23.9 Å². The molecule has 0 bridgehead atoms. The first kappa shape index (κ1) is 22.0. The summed E-state index contributed by atoms with van der Waals surface area (Å²) in [5.74, 6) is 0.553. The van der Waals surface area contributed by atoms with Crippen LogP contribution in [0.4, 0.5) is 4.39 Å². The number of rotatable bonds is 8. The summed E-state index contributed by atoms with van der Waals surface area (Å²) in [6.07, 6.45) is 1.56. The molecule has 5 nitrogen and oxygen atoms in total. The van der Waals surface area contributed by atoms with E-state index in [1.165, 1.54) is 12.1 Å². The van der Waals surface area contributed by atoms with Crippen LogP contribution in [0.3, 0.4) is 0 Å². The number of nitrogens with one attached hydrogen (secondary N) is 1. The molecule has 0 heterocycles. The molecular formula is C27H23FN2O3. The summed E-state index contributed by atoms with van der Waals surface area (Å²) in [6, 6.07) is 25.3. The topological polar surface area (TPSA) is 59.9 Å². The van der Waals surface area contributed by atoms with E-state index in [-0.39, 0.29) is 24.9 Å². The van der Waals surface area contributed by atoms with E-state index in [0.29, 0.717) is 11.5 Å². The number of hydrazone groups is 1. The van der Waals surface area contributed by atoms with Crippen molar-refractivity contribution < 1.29 is 18.7 Å². The van der Waals surface area contributed by atoms with Gasteiger partial charge in [-0.15, -0.1) is 0 Å². The second-order valence-electron chi connectivity index (χ2n) is 7.51. The van der Waals surface area contributed by atoms with Crippen LogP contribution in [0.25, 0.3) is 10.8 Å². The van der Waals surface area contributed by atoms with Gasteiger partial charge in [-0.2, -0.15) is 5.10 Å². The molecule has 1 N–H and O–H groups in total. The van der Waals surface area contributed by atoms with Gasteiger partial charge in [0.2, 0.25) is 0 Å². The molecule has 4 aromatic rings. The minimum Gasteiger partial charge on any atom is -0.488 e. The fourth-order valence-electron chi connectivity index (χ4n) is 3.26. The van der Waals surface area contributed by atoms with Crippen LogP contribution in [-0.2, 0) is 11.4 Å². The zero-order chi connectivity index (χ0) is 23.0. The summed E-state index contributed by atoms with van der Waals surface area (Å²) in [5, 5.41) is 6.06. The number of fused-ring (bicyclic) bond motifs is 1. The molecular weight excluding hydrogens is 419 g/mol. The van der Waals surface area contributed by atoms with Crippen LogP contribution in [0.2, 0.25) is 0 Å². The van der Waals surface area contributed by atoms with Gasteiger partial charge in [-0.05, 0) is 53.6 Å². The van der Waals surface area contributed by atoms with E-state index in [4.69, 9.17) is 9.47 Å². The van der Waals surface area contributed by atoms with Crippen LogP contribution in [0.1, 0.15) is 16.7 Å². The summed E-state index contributed by atoms with van der Waals surface area (Å²) in [7, 11) is 0. The number of aryl methyl sites for hydroxylation is 1. The highest BCUT2D eigenvalue weighted by Gasteiger charge is 2.08. The van der Waals surface area contributed by atoms with E-state index in [9.17, 15) is 9.18 Å². The lowest BCUT2D eigenvalue weighted by Crippen LogP contribution is -2.24. The van der Waals surface area contributed by atoms with Crippen LogP contribution in [0.15, 0.2) is 90.0 Å². The third kappa shape index (κ3) is 5.95. The summed E-state index contributed by atoms with van der Waals surface area (Å²) >= 11 is 0. The molecule has 4 aromatic carbocycles. The average molecular weight is 442 g/mol. The summed E-state index contributed by atoms with van der Waals surface area (Å²) in [5.41, 5.74) is 5.18. The van der Waals surface area contributed by atoms with Crippen LogP contribution in [0, 0.1) is 12.7 Å². The predicted molar refractivity (Wildman–Crippen MR) is 127 cm³/mol. The molecule has 0 fully saturated rings. The standard InChI is InChI=1S/C27H23FN2O3/c1-19-6-13-23(14-7-19)32-18-27(31)30-29-16-25-24-5-3-2-4-21(24)10-15-26(25)33-17-20-8-11-22(28)12-9-20/h2-16H,17-18H2,1H3,(H,30,31)/b29-16+. The minimum absolute atomic E-state index is 0.149. The van der Waals surface area contributed by atoms with Gasteiger partial charge in [0.15, 0.2) is 6.61 Å². The Morgan fingerprint density at radius 1 is 0.939 bits per heavy atom. The van der Waals surface area contributed by atoms with Gasteiger partial charge in [-0.1, -0.05) is 60.2 Å². The lowest BCUT2D eigenvalue weighted by atomic mass is 10.0. The molecule has 0 aliphatic rings. The average Bonchev–Trinajstić information content (AvgIpc) is 2.84. The molecule has 166 valence electrons. The van der Waals surface area contributed by atoms with E-state index in [1.54, 1.807) is 18.3 Å². The lowest BCUT2D eigenvalue weighted by Gasteiger charge is -2.12. The van der Waals surface area contributed by atoms with Gasteiger partial charge in [-0.25, -0.2) is 9.82 Å². The van der Waals surface area contributed by atoms with Crippen molar-refractivity contribution in [1.29, 1.82) is 0 Å². The molecule has 33 heavy (non-hydrogen) atoms. The first-order chi connectivity index (χ1) is 16.1. The summed E-state index contributed by atoms with van der Waals surface area (Å²) in [6.45, 7) is 2.11. The third-order valence-electron chi connectivity index (χ3n) is 5.01. The number of halogens is 1. The molecule has 0 aliphatic carbocycles. The number of amides is 1. The maximum Gasteiger partial charge on any atom is 0.277 e. The molecule has 1 amide bonds. The minimum atomic E-state index is -0.374. The number of ether oxygens (including phenoxy) is 2. The van der Waals surface area contributed by atoms with Crippen molar-refractivity contribution in [3.05, 3.63) is 107 Å². The molecule has 4 rings (SSSR count). The zero-order valence-electron chi connectivity index (χ0n) is 18.1. The molecule has 0 radical (unpaired) electrons. The van der Waals surface area contributed by atoms with Crippen molar-refractivity contribution in [3.63, 3.8) is 0 Å². The van der Waals surface area contributed by atoms with Gasteiger partial charge in [0.05, 0.1) is 6.21 Å². The van der Waals surface area contributed by atoms with Crippen LogP contribution in [-0.4, -0.2) is 18.7 Å². The van der Waals surface area contributed by atoms with Crippen molar-refractivity contribution in [1.82, 2.24) is 5.43 Å². The Kier molecular flexibility index (Phi) is 6.95. The quantitative estimate of drug-likeness (QED) is 0.294. The van der Waals surface area contributed by atoms with Gasteiger partial charge >= 0.3 is 0 Å². The Hall–Kier alpha value is -4.19. The fourth-order valence-corrected chi connectivity index (χ4v) is 3.26. The van der Waals surface area contributed by atoms with Gasteiger partial charge < -0.3 is 9.47 Å². The third-order valence-corrected chi connectivity index (χ3v) is 5.01. The largest absolute Gasteiger partial charge is 0.488 e. The van der Waals surface area contributed by atoms with Gasteiger partial charge in [-0.3, -0.25) is 4.79 Å². The highest BCUT2D eigenvalue weighted by molar-refractivity contribution is 6.02. The summed E-state index contributed by atoms with van der Waals surface area (Å²) in [4.78, 5) is 12.1. The Morgan fingerprint density at radius 3 is 2.48 bits per heavy atom. The second-order valence-corrected chi connectivity index (χ2v) is 7.51. The molecule has 0 spiro atoms. The normalized spacial score (nSPS) is 11.0. The van der Waals surface area contributed by atoms with Crippen molar-refractivity contribution in [2.45, 2.75) is 13.5 Å². The second kappa shape index (κ2) is 10.4. The predicted octanol–water partition coefficient (Wildman–Crippen LogP) is 5.40. The highest BCUT2D eigenvalue weighted by Crippen LogP contribution is 2.27. The van der Waals surface area contributed by atoms with Crippen molar-refractivity contribution in [2.24, 2.45) is 5.10 Å². The van der Waals surface area contributed by atoms with E-state index in [1.807, 2.05) is 67.6 Å². The number of carbonyl (C=O) groups excluding carboxylic acids is 1. The van der Waals surface area contributed by atoms with E-state index in [0.717, 1.165) is 27.5 Å². The van der Waals surface area contributed by atoms with Crippen LogP contribution < -0.4 is 14.9 Å². The Bertz CT molecular complexity index is 1270. The number of nitrogens with zero attached hydrogens (tertiary/aromatic N) is 1. The molecule has 0 saturated heterocycles. The molecule has 0 atom stereocenters. The van der Waals surface area contributed by atoms with E-state index in [2.05, 4.69) is 10.5 Å². The Labute approximate surface area is 191 Å². The number of hydrogen-bond donors (Lipinski definition) is 1. The molecule has 0 unspecified atom stereocenters. The first-order valence-corrected chi connectivity index (χ1v) is 10.5. The summed E-state index contributed by atoms with van der Waals surface area (Å²) < 4.78 is 24.6. The SMILES string of the molecule is Cc1ccc(OCC(=O)N/N=C/c2c(OCc3ccc(F)cc3)ccc3ccccc23)cc1. The number of carbonyl (C=O) groups is 1. The lowest BCUT2D eigenvalue weighted by molar-refractivity contribution is -0.123. The number of hydrogen-bond acceptors (Lipinski definition) is 4. The van der Waals surface area contributed by atoms with Gasteiger partial charge in [0, 0.05) is 5.56 Å². The first-order valence-electron chi connectivity index (χ1n) is 10.5. The molecule has 0 aliphatic heterocycles. The maximum atomic E-state index is 13.2. The fraction of sp³-hybridized carbons (Fsp3) is 0.111. The van der Waals surface area contributed by atoms with Crippen LogP contribution >= 0.6 is 0 Å². The molecule has 0 aromatic heterocycles. The van der Waals surface area contributed by atoms with Crippen molar-refractivity contribution in [2.75, 3.05) is 6.61 Å². The van der Waals surface area contributed by atoms with Crippen molar-refractivity contribution in [3.8, 4) is 11.5 Å². The zero-order valence-corrected chi connectivity index (χ0v) is 18.1. The van der Waals surface area contributed by atoms with E-state index < -0.39 is 0 Å². The van der Waals surface area contributed by atoms with E-state index >= 15 is 0 Å². The Balaban J connectivity index is 1.45. The molecule has 0 saturated carbocycles.